The monoisotopic (exact) mass is 408 g/mol. The van der Waals surface area contributed by atoms with Crippen molar-refractivity contribution in [3.05, 3.63) is 42.0 Å². The van der Waals surface area contributed by atoms with Crippen LogP contribution in [0.15, 0.2) is 30.6 Å². The van der Waals surface area contributed by atoms with Crippen LogP contribution in [0.5, 0.6) is 5.75 Å². The van der Waals surface area contributed by atoms with Gasteiger partial charge in [0.05, 0.1) is 23.6 Å². The lowest BCUT2D eigenvalue weighted by molar-refractivity contribution is -0.179. The molecule has 2 amide bonds. The van der Waals surface area contributed by atoms with E-state index in [1.165, 1.54) is 11.2 Å². The van der Waals surface area contributed by atoms with Crippen molar-refractivity contribution in [2.45, 2.75) is 31.6 Å². The quantitative estimate of drug-likeness (QED) is 0.826. The van der Waals surface area contributed by atoms with Crippen LogP contribution < -0.4 is 15.0 Å². The van der Waals surface area contributed by atoms with Crippen molar-refractivity contribution in [1.29, 1.82) is 0 Å². The van der Waals surface area contributed by atoms with Gasteiger partial charge < -0.3 is 19.5 Å². The van der Waals surface area contributed by atoms with Crippen molar-refractivity contribution in [2.75, 3.05) is 18.6 Å². The van der Waals surface area contributed by atoms with Crippen LogP contribution in [0.25, 0.3) is 0 Å². The molecule has 7 nitrogen and oxygen atoms in total. The number of carbonyl (C=O) groups excluding carboxylic acids is 2. The SMILES string of the molecule is CN1C(=O)[C@@H](NC(=O)c2ncn3c2CC(C(F)(F)F)CC3)COc2ccccc21. The number of hydrogen-bond acceptors (Lipinski definition) is 4. The van der Waals surface area contributed by atoms with E-state index >= 15 is 0 Å². The highest BCUT2D eigenvalue weighted by atomic mass is 19.4. The minimum Gasteiger partial charge on any atom is -0.489 e. The molecule has 4 rings (SSSR count). The van der Waals surface area contributed by atoms with Crippen LogP contribution in [0.3, 0.4) is 0 Å². The zero-order valence-electron chi connectivity index (χ0n) is 15.6. The highest BCUT2D eigenvalue weighted by Crippen LogP contribution is 2.36. The van der Waals surface area contributed by atoms with Crippen LogP contribution in [0.4, 0.5) is 18.9 Å². The molecule has 0 bridgehead atoms. The summed E-state index contributed by atoms with van der Waals surface area (Å²) in [6.07, 6.45) is -3.33. The fraction of sp³-hybridized carbons (Fsp3) is 0.421. The average molecular weight is 408 g/mol. The number of hydrogen-bond donors (Lipinski definition) is 1. The van der Waals surface area contributed by atoms with Gasteiger partial charge in [-0.2, -0.15) is 13.2 Å². The van der Waals surface area contributed by atoms with Gasteiger partial charge in [-0.15, -0.1) is 0 Å². The molecule has 0 aliphatic carbocycles. The summed E-state index contributed by atoms with van der Waals surface area (Å²) in [6.45, 7) is 0.0520. The predicted octanol–water partition coefficient (Wildman–Crippen LogP) is 2.16. The third-order valence-corrected chi connectivity index (χ3v) is 5.35. The summed E-state index contributed by atoms with van der Waals surface area (Å²) in [6, 6.07) is 5.98. The van der Waals surface area contributed by atoms with E-state index in [2.05, 4.69) is 10.3 Å². The Hall–Kier alpha value is -3.04. The number of halogens is 3. The number of imidazole rings is 1. The molecule has 0 spiro atoms. The molecule has 2 aromatic rings. The molecule has 1 aromatic carbocycles. The zero-order chi connectivity index (χ0) is 20.8. The van der Waals surface area contributed by atoms with Crippen molar-refractivity contribution in [1.82, 2.24) is 14.9 Å². The molecular weight excluding hydrogens is 389 g/mol. The van der Waals surface area contributed by atoms with Crippen molar-refractivity contribution >= 4 is 17.5 Å². The number of nitrogens with one attached hydrogen (secondary N) is 1. The van der Waals surface area contributed by atoms with E-state index in [0.29, 0.717) is 11.4 Å². The second-order valence-electron chi connectivity index (χ2n) is 7.17. The van der Waals surface area contributed by atoms with Crippen molar-refractivity contribution in [2.24, 2.45) is 5.92 Å². The molecule has 154 valence electrons. The summed E-state index contributed by atoms with van der Waals surface area (Å²) in [5, 5.41) is 2.57. The first-order chi connectivity index (χ1) is 13.8. The number of ether oxygens (including phenoxy) is 1. The van der Waals surface area contributed by atoms with Gasteiger partial charge in [0.1, 0.15) is 24.1 Å². The molecule has 3 heterocycles. The Morgan fingerprint density at radius 1 is 1.31 bits per heavy atom. The summed E-state index contributed by atoms with van der Waals surface area (Å²) >= 11 is 0. The number of rotatable bonds is 2. The smallest absolute Gasteiger partial charge is 0.392 e. The molecule has 2 aliphatic rings. The third kappa shape index (κ3) is 3.54. The largest absolute Gasteiger partial charge is 0.489 e. The molecule has 0 saturated carbocycles. The number of amides is 2. The number of anilines is 1. The molecule has 2 aliphatic heterocycles. The Morgan fingerprint density at radius 3 is 2.83 bits per heavy atom. The fourth-order valence-electron chi connectivity index (χ4n) is 3.70. The van der Waals surface area contributed by atoms with Gasteiger partial charge in [0.15, 0.2) is 0 Å². The van der Waals surface area contributed by atoms with Gasteiger partial charge in [-0.3, -0.25) is 9.59 Å². The van der Waals surface area contributed by atoms with E-state index in [-0.39, 0.29) is 43.3 Å². The van der Waals surface area contributed by atoms with Crippen molar-refractivity contribution < 1.29 is 27.5 Å². The Morgan fingerprint density at radius 2 is 2.07 bits per heavy atom. The third-order valence-electron chi connectivity index (χ3n) is 5.35. The predicted molar refractivity (Wildman–Crippen MR) is 96.7 cm³/mol. The highest BCUT2D eigenvalue weighted by molar-refractivity contribution is 6.03. The number of alkyl halides is 3. The van der Waals surface area contributed by atoms with Gasteiger partial charge in [-0.1, -0.05) is 12.1 Å². The van der Waals surface area contributed by atoms with Gasteiger partial charge in [0, 0.05) is 20.0 Å². The molecule has 1 N–H and O–H groups in total. The highest BCUT2D eigenvalue weighted by Gasteiger charge is 2.43. The van der Waals surface area contributed by atoms with Crippen LogP contribution >= 0.6 is 0 Å². The summed E-state index contributed by atoms with van der Waals surface area (Å²) in [5.74, 6) is -2.08. The topological polar surface area (TPSA) is 76.5 Å². The van der Waals surface area contributed by atoms with Crippen LogP contribution in [0, 0.1) is 5.92 Å². The van der Waals surface area contributed by atoms with E-state index in [0.717, 1.165) is 0 Å². The zero-order valence-corrected chi connectivity index (χ0v) is 15.6. The van der Waals surface area contributed by atoms with E-state index in [4.69, 9.17) is 4.74 Å². The number of aromatic nitrogens is 2. The minimum absolute atomic E-state index is 0.0497. The summed E-state index contributed by atoms with van der Waals surface area (Å²) in [5.41, 5.74) is 0.715. The van der Waals surface area contributed by atoms with Gasteiger partial charge in [-0.05, 0) is 18.6 Å². The molecule has 0 saturated heterocycles. The summed E-state index contributed by atoms with van der Waals surface area (Å²) < 4.78 is 46.6. The first-order valence-corrected chi connectivity index (χ1v) is 9.16. The molecule has 2 atom stereocenters. The maximum absolute atomic E-state index is 13.1. The number of benzene rings is 1. The lowest BCUT2D eigenvalue weighted by Gasteiger charge is -2.26. The molecule has 1 unspecified atom stereocenters. The van der Waals surface area contributed by atoms with Crippen molar-refractivity contribution in [3.8, 4) is 5.75 Å². The Kier molecular flexibility index (Phi) is 4.71. The van der Waals surface area contributed by atoms with E-state index in [9.17, 15) is 22.8 Å². The van der Waals surface area contributed by atoms with E-state index < -0.39 is 24.0 Å². The van der Waals surface area contributed by atoms with Crippen LogP contribution in [0.2, 0.25) is 0 Å². The number of nitrogens with zero attached hydrogens (tertiary/aromatic N) is 3. The lowest BCUT2D eigenvalue weighted by atomic mass is 9.94. The van der Waals surface area contributed by atoms with Crippen LogP contribution in [0.1, 0.15) is 22.6 Å². The molecular formula is C19H19F3N4O3. The number of aryl methyl sites for hydroxylation is 1. The van der Waals surface area contributed by atoms with Gasteiger partial charge in [0.25, 0.3) is 11.8 Å². The first kappa shape index (κ1) is 19.3. The van der Waals surface area contributed by atoms with E-state index in [1.807, 2.05) is 0 Å². The number of fused-ring (bicyclic) bond motifs is 2. The summed E-state index contributed by atoms with van der Waals surface area (Å²) in [7, 11) is 1.57. The van der Waals surface area contributed by atoms with Crippen LogP contribution in [-0.2, 0) is 17.8 Å². The second-order valence-corrected chi connectivity index (χ2v) is 7.17. The Bertz CT molecular complexity index is 956. The molecule has 1 aromatic heterocycles. The van der Waals surface area contributed by atoms with Crippen molar-refractivity contribution in [3.63, 3.8) is 0 Å². The number of likely N-dealkylation sites (N-methyl/N-ethyl adjacent to an activating group) is 1. The van der Waals surface area contributed by atoms with Crippen LogP contribution in [-0.4, -0.2) is 47.2 Å². The maximum Gasteiger partial charge on any atom is 0.392 e. The Labute approximate surface area is 164 Å². The Balaban J connectivity index is 1.53. The minimum atomic E-state index is -4.33. The second kappa shape index (κ2) is 7.09. The first-order valence-electron chi connectivity index (χ1n) is 9.16. The van der Waals surface area contributed by atoms with Gasteiger partial charge >= 0.3 is 6.18 Å². The van der Waals surface area contributed by atoms with Gasteiger partial charge in [-0.25, -0.2) is 4.98 Å². The maximum atomic E-state index is 13.1. The molecule has 29 heavy (non-hydrogen) atoms. The van der Waals surface area contributed by atoms with E-state index in [1.54, 1.807) is 35.9 Å². The average Bonchev–Trinajstić information content (AvgIpc) is 3.08. The molecule has 0 fully saturated rings. The fourth-order valence-corrected chi connectivity index (χ4v) is 3.70. The lowest BCUT2D eigenvalue weighted by Crippen LogP contribution is -2.49. The number of carbonyl (C=O) groups is 2. The summed E-state index contributed by atoms with van der Waals surface area (Å²) in [4.78, 5) is 30.9. The molecule has 0 radical (unpaired) electrons. The van der Waals surface area contributed by atoms with Gasteiger partial charge in [0.2, 0.25) is 0 Å². The normalized spacial score (nSPS) is 21.7. The number of para-hydroxylation sites is 2. The standard InChI is InChI=1S/C19H19F3N4O3/c1-25-13-4-2-3-5-15(13)29-9-12(18(25)28)24-17(27)16-14-8-11(19(20,21)22)6-7-26(14)10-23-16/h2-5,10-12H,6-9H2,1H3,(H,24,27)/t11?,12-/m0/s1. The molecule has 10 heteroatoms.